The molecule has 3 aromatic rings. The zero-order valence-corrected chi connectivity index (χ0v) is 20.7. The second kappa shape index (κ2) is 10.2. The number of nitrogens with zero attached hydrogens (tertiary/aromatic N) is 4. The topological polar surface area (TPSA) is 80.1 Å². The lowest BCUT2D eigenvalue weighted by atomic mass is 10.00. The van der Waals surface area contributed by atoms with Gasteiger partial charge in [-0.3, -0.25) is 14.2 Å². The Morgan fingerprint density at radius 2 is 2.06 bits per heavy atom. The fourth-order valence-electron chi connectivity index (χ4n) is 3.74. The van der Waals surface area contributed by atoms with Gasteiger partial charge < -0.3 is 10.2 Å². The van der Waals surface area contributed by atoms with Crippen LogP contribution in [-0.4, -0.2) is 39.3 Å². The predicted octanol–water partition coefficient (Wildman–Crippen LogP) is 4.68. The van der Waals surface area contributed by atoms with Crippen LogP contribution >= 0.6 is 23.1 Å². The van der Waals surface area contributed by atoms with E-state index >= 15 is 0 Å². The molecule has 1 amide bonds. The van der Waals surface area contributed by atoms with Crippen molar-refractivity contribution in [2.24, 2.45) is 5.92 Å². The van der Waals surface area contributed by atoms with Crippen molar-refractivity contribution in [3.63, 3.8) is 0 Å². The van der Waals surface area contributed by atoms with Gasteiger partial charge >= 0.3 is 0 Å². The first-order chi connectivity index (χ1) is 15.9. The number of aromatic nitrogens is 3. The van der Waals surface area contributed by atoms with Crippen molar-refractivity contribution in [3.05, 3.63) is 39.9 Å². The summed E-state index contributed by atoms with van der Waals surface area (Å²) >= 11 is 2.60. The lowest BCUT2D eigenvalue weighted by molar-refractivity contribution is -0.113. The Kier molecular flexibility index (Phi) is 7.33. The lowest BCUT2D eigenvalue weighted by Crippen LogP contribution is -2.32. The highest BCUT2D eigenvalue weighted by Crippen LogP contribution is 2.30. The predicted molar refractivity (Wildman–Crippen MR) is 133 cm³/mol. The van der Waals surface area contributed by atoms with Gasteiger partial charge in [-0.05, 0) is 49.8 Å². The Hall–Kier alpha value is -2.46. The van der Waals surface area contributed by atoms with Crippen LogP contribution in [0.1, 0.15) is 38.7 Å². The molecule has 0 atom stereocenters. The number of fused-ring (bicyclic) bond motifs is 1. The first-order valence-electron chi connectivity index (χ1n) is 11.2. The SMILES string of the molecule is CCCn1c(SCC(=O)Nc2ccc(C)c(F)c2)nc2nc(N3CCC(C)CC3)sc2c1=O. The van der Waals surface area contributed by atoms with Crippen LogP contribution in [0.2, 0.25) is 0 Å². The molecule has 176 valence electrons. The van der Waals surface area contributed by atoms with Crippen molar-refractivity contribution >= 4 is 50.2 Å². The van der Waals surface area contributed by atoms with Gasteiger partial charge in [-0.1, -0.05) is 43.0 Å². The number of thiazole rings is 1. The Labute approximate surface area is 200 Å². The van der Waals surface area contributed by atoms with Crippen molar-refractivity contribution in [2.75, 3.05) is 29.1 Å². The Morgan fingerprint density at radius 3 is 2.76 bits per heavy atom. The smallest absolute Gasteiger partial charge is 0.273 e. The standard InChI is InChI=1S/C23H28FN5O2S2/c1-4-9-29-21(31)19-20(26-22(33-19)28-10-7-14(2)8-11-28)27-23(29)32-13-18(30)25-16-6-5-15(3)17(24)12-16/h5-6,12,14H,4,7-11,13H2,1-3H3,(H,25,30). The zero-order valence-electron chi connectivity index (χ0n) is 19.1. The average molecular weight is 490 g/mol. The highest BCUT2D eigenvalue weighted by Gasteiger charge is 2.22. The molecule has 1 aliphatic heterocycles. The van der Waals surface area contributed by atoms with Gasteiger partial charge in [-0.15, -0.1) is 0 Å². The third-order valence-corrected chi connectivity index (χ3v) is 7.83. The number of benzene rings is 1. The van der Waals surface area contributed by atoms with Gasteiger partial charge in [0.15, 0.2) is 15.9 Å². The van der Waals surface area contributed by atoms with E-state index in [9.17, 15) is 14.0 Å². The van der Waals surface area contributed by atoms with E-state index in [0.717, 1.165) is 37.5 Å². The summed E-state index contributed by atoms with van der Waals surface area (Å²) in [4.78, 5) is 37.2. The van der Waals surface area contributed by atoms with E-state index in [0.29, 0.717) is 39.2 Å². The fourth-order valence-corrected chi connectivity index (χ4v) is 5.56. The monoisotopic (exact) mass is 489 g/mol. The average Bonchev–Trinajstić information content (AvgIpc) is 3.22. The highest BCUT2D eigenvalue weighted by molar-refractivity contribution is 7.99. The van der Waals surface area contributed by atoms with E-state index in [2.05, 4.69) is 27.1 Å². The summed E-state index contributed by atoms with van der Waals surface area (Å²) in [6, 6.07) is 4.58. The van der Waals surface area contributed by atoms with E-state index in [1.807, 2.05) is 6.92 Å². The van der Waals surface area contributed by atoms with E-state index in [4.69, 9.17) is 0 Å². The first kappa shape index (κ1) is 23.7. The molecule has 4 rings (SSSR count). The molecule has 3 heterocycles. The minimum absolute atomic E-state index is 0.0537. The maximum absolute atomic E-state index is 13.8. The molecule has 0 spiro atoms. The Morgan fingerprint density at radius 1 is 1.30 bits per heavy atom. The number of halogens is 1. The highest BCUT2D eigenvalue weighted by atomic mass is 32.2. The number of anilines is 2. The number of amides is 1. The van der Waals surface area contributed by atoms with Crippen LogP contribution in [-0.2, 0) is 11.3 Å². The van der Waals surface area contributed by atoms with Crippen molar-refractivity contribution < 1.29 is 9.18 Å². The van der Waals surface area contributed by atoms with E-state index < -0.39 is 0 Å². The second-order valence-electron chi connectivity index (χ2n) is 8.47. The third kappa shape index (κ3) is 5.38. The first-order valence-corrected chi connectivity index (χ1v) is 13.0. The number of aryl methyl sites for hydroxylation is 1. The molecule has 0 aliphatic carbocycles. The van der Waals surface area contributed by atoms with Crippen LogP contribution in [0.4, 0.5) is 15.2 Å². The second-order valence-corrected chi connectivity index (χ2v) is 10.4. The molecule has 33 heavy (non-hydrogen) atoms. The summed E-state index contributed by atoms with van der Waals surface area (Å²) in [5.74, 6) is 0.105. The van der Waals surface area contributed by atoms with E-state index in [-0.39, 0.29) is 23.0 Å². The summed E-state index contributed by atoms with van der Waals surface area (Å²) in [6.45, 7) is 8.31. The number of hydrogen-bond donors (Lipinski definition) is 1. The van der Waals surface area contributed by atoms with Crippen LogP contribution in [0, 0.1) is 18.7 Å². The molecule has 10 heteroatoms. The normalized spacial score (nSPS) is 14.7. The maximum atomic E-state index is 13.8. The van der Waals surface area contributed by atoms with Gasteiger partial charge in [-0.2, -0.15) is 4.98 Å². The van der Waals surface area contributed by atoms with E-state index in [1.54, 1.807) is 23.6 Å². The largest absolute Gasteiger partial charge is 0.348 e. The van der Waals surface area contributed by atoms with Gasteiger partial charge in [0.05, 0.1) is 5.75 Å². The van der Waals surface area contributed by atoms with Crippen LogP contribution in [0.3, 0.4) is 0 Å². The summed E-state index contributed by atoms with van der Waals surface area (Å²) < 4.78 is 15.9. The van der Waals surface area contributed by atoms with Crippen molar-refractivity contribution in [1.82, 2.24) is 14.5 Å². The van der Waals surface area contributed by atoms with Crippen LogP contribution in [0.25, 0.3) is 10.3 Å². The van der Waals surface area contributed by atoms with Gasteiger partial charge in [0.1, 0.15) is 10.5 Å². The quantitative estimate of drug-likeness (QED) is 0.384. The molecular weight excluding hydrogens is 461 g/mol. The summed E-state index contributed by atoms with van der Waals surface area (Å²) in [5.41, 5.74) is 1.25. The lowest BCUT2D eigenvalue weighted by Gasteiger charge is -2.29. The number of piperidine rings is 1. The van der Waals surface area contributed by atoms with Gasteiger partial charge in [0.25, 0.3) is 5.56 Å². The van der Waals surface area contributed by atoms with Gasteiger partial charge in [-0.25, -0.2) is 9.37 Å². The Balaban J connectivity index is 1.54. The maximum Gasteiger partial charge on any atom is 0.273 e. The molecule has 1 aromatic carbocycles. The number of carbonyl (C=O) groups is 1. The molecule has 0 unspecified atom stereocenters. The van der Waals surface area contributed by atoms with Crippen LogP contribution in [0.15, 0.2) is 28.2 Å². The number of hydrogen-bond acceptors (Lipinski definition) is 7. The summed E-state index contributed by atoms with van der Waals surface area (Å²) in [6.07, 6.45) is 3.00. The minimum atomic E-state index is -0.369. The van der Waals surface area contributed by atoms with Crippen molar-refractivity contribution in [2.45, 2.75) is 51.7 Å². The van der Waals surface area contributed by atoms with E-state index in [1.165, 1.54) is 29.2 Å². The molecule has 0 bridgehead atoms. The summed E-state index contributed by atoms with van der Waals surface area (Å²) in [5, 5.41) is 4.01. The van der Waals surface area contributed by atoms with Gasteiger partial charge in [0.2, 0.25) is 5.91 Å². The number of nitrogens with one attached hydrogen (secondary N) is 1. The van der Waals surface area contributed by atoms with Crippen molar-refractivity contribution in [1.29, 1.82) is 0 Å². The summed E-state index contributed by atoms with van der Waals surface area (Å²) in [7, 11) is 0. The number of rotatable bonds is 7. The molecule has 0 saturated carbocycles. The molecule has 2 aromatic heterocycles. The third-order valence-electron chi connectivity index (χ3n) is 5.76. The Bertz CT molecular complexity index is 1220. The molecule has 1 fully saturated rings. The molecule has 7 nitrogen and oxygen atoms in total. The fraction of sp³-hybridized carbons (Fsp3) is 0.478. The van der Waals surface area contributed by atoms with Crippen LogP contribution in [0.5, 0.6) is 0 Å². The van der Waals surface area contributed by atoms with Crippen LogP contribution < -0.4 is 15.8 Å². The minimum Gasteiger partial charge on any atom is -0.348 e. The molecule has 0 radical (unpaired) electrons. The van der Waals surface area contributed by atoms with Gasteiger partial charge in [0, 0.05) is 25.3 Å². The molecule has 1 N–H and O–H groups in total. The zero-order chi connectivity index (χ0) is 23.5. The molecule has 1 aliphatic rings. The number of thioether (sulfide) groups is 1. The molecule has 1 saturated heterocycles. The number of carbonyl (C=O) groups excluding carboxylic acids is 1. The molecular formula is C23H28FN5O2S2. The van der Waals surface area contributed by atoms with Crippen molar-refractivity contribution in [3.8, 4) is 0 Å².